The minimum Gasteiger partial charge on any atom is -0.310 e. The van der Waals surface area contributed by atoms with E-state index in [1.54, 1.807) is 0 Å². The van der Waals surface area contributed by atoms with Crippen LogP contribution in [0.1, 0.15) is 5.69 Å². The standard InChI is InChI=1S/C9H13BrN2O2S/c1-15(13,14)6-5-11-7-8-3-2-4-9(10)12-8/h2-4,11H,5-7H2,1H3. The molecule has 0 saturated carbocycles. The second kappa shape index (κ2) is 5.58. The van der Waals surface area contributed by atoms with Gasteiger partial charge in [0.1, 0.15) is 14.4 Å². The van der Waals surface area contributed by atoms with E-state index in [4.69, 9.17) is 0 Å². The molecule has 0 atom stereocenters. The molecule has 0 aliphatic heterocycles. The van der Waals surface area contributed by atoms with Crippen molar-refractivity contribution < 1.29 is 8.42 Å². The van der Waals surface area contributed by atoms with Gasteiger partial charge < -0.3 is 5.32 Å². The molecular formula is C9H13BrN2O2S. The Bertz CT molecular complexity index is 420. The van der Waals surface area contributed by atoms with E-state index in [-0.39, 0.29) is 5.75 Å². The molecule has 15 heavy (non-hydrogen) atoms. The first-order valence-corrected chi connectivity index (χ1v) is 7.32. The summed E-state index contributed by atoms with van der Waals surface area (Å²) in [6.45, 7) is 1.03. The van der Waals surface area contributed by atoms with E-state index in [0.29, 0.717) is 13.1 Å². The molecule has 0 spiro atoms. The quantitative estimate of drug-likeness (QED) is 0.649. The zero-order valence-corrected chi connectivity index (χ0v) is 10.8. The molecule has 4 nitrogen and oxygen atoms in total. The van der Waals surface area contributed by atoms with Gasteiger partial charge in [-0.2, -0.15) is 0 Å². The van der Waals surface area contributed by atoms with Crippen molar-refractivity contribution >= 4 is 25.8 Å². The summed E-state index contributed by atoms with van der Waals surface area (Å²) in [5, 5.41) is 3.02. The summed E-state index contributed by atoms with van der Waals surface area (Å²) in [6.07, 6.45) is 1.23. The van der Waals surface area contributed by atoms with Gasteiger partial charge in [0.2, 0.25) is 0 Å². The summed E-state index contributed by atoms with van der Waals surface area (Å²) in [5.41, 5.74) is 0.887. The molecule has 0 aromatic carbocycles. The first-order chi connectivity index (χ1) is 6.97. The Morgan fingerprint density at radius 1 is 1.47 bits per heavy atom. The van der Waals surface area contributed by atoms with Gasteiger partial charge >= 0.3 is 0 Å². The van der Waals surface area contributed by atoms with Gasteiger partial charge in [-0.1, -0.05) is 6.07 Å². The number of pyridine rings is 1. The molecule has 84 valence electrons. The molecule has 1 aromatic heterocycles. The Kier molecular flexibility index (Phi) is 4.69. The lowest BCUT2D eigenvalue weighted by atomic mass is 10.3. The molecular weight excluding hydrogens is 280 g/mol. The molecule has 0 bridgehead atoms. The number of nitrogens with zero attached hydrogens (tertiary/aromatic N) is 1. The van der Waals surface area contributed by atoms with E-state index in [9.17, 15) is 8.42 Å². The Hall–Kier alpha value is -0.460. The monoisotopic (exact) mass is 292 g/mol. The number of aromatic nitrogens is 1. The van der Waals surface area contributed by atoms with Crippen molar-refractivity contribution in [3.8, 4) is 0 Å². The number of rotatable bonds is 5. The summed E-state index contributed by atoms with van der Waals surface area (Å²) in [5.74, 6) is 0.154. The molecule has 1 rings (SSSR count). The summed E-state index contributed by atoms with van der Waals surface area (Å²) < 4.78 is 22.4. The van der Waals surface area contributed by atoms with Crippen molar-refractivity contribution in [2.75, 3.05) is 18.6 Å². The van der Waals surface area contributed by atoms with Crippen molar-refractivity contribution in [1.29, 1.82) is 0 Å². The van der Waals surface area contributed by atoms with Crippen LogP contribution in [-0.2, 0) is 16.4 Å². The van der Waals surface area contributed by atoms with Crippen LogP contribution in [0.2, 0.25) is 0 Å². The number of hydrogen-bond donors (Lipinski definition) is 1. The van der Waals surface area contributed by atoms with Crippen molar-refractivity contribution in [1.82, 2.24) is 10.3 Å². The van der Waals surface area contributed by atoms with Gasteiger partial charge in [-0.05, 0) is 28.1 Å². The van der Waals surface area contributed by atoms with Gasteiger partial charge in [0, 0.05) is 19.3 Å². The molecule has 6 heteroatoms. The molecule has 0 amide bonds. The molecule has 1 heterocycles. The Balaban J connectivity index is 2.32. The van der Waals surface area contributed by atoms with Crippen LogP contribution in [0.15, 0.2) is 22.8 Å². The topological polar surface area (TPSA) is 59.1 Å². The highest BCUT2D eigenvalue weighted by atomic mass is 79.9. The van der Waals surface area contributed by atoms with Gasteiger partial charge in [-0.3, -0.25) is 0 Å². The predicted octanol–water partition coefficient (Wildman–Crippen LogP) is 0.978. The fourth-order valence-corrected chi connectivity index (χ4v) is 1.92. The third-order valence-corrected chi connectivity index (χ3v) is 3.12. The van der Waals surface area contributed by atoms with Crippen molar-refractivity contribution in [3.05, 3.63) is 28.5 Å². The minimum absolute atomic E-state index is 0.154. The van der Waals surface area contributed by atoms with Crippen LogP contribution in [0.3, 0.4) is 0 Å². The largest absolute Gasteiger partial charge is 0.310 e. The van der Waals surface area contributed by atoms with Gasteiger partial charge in [0.15, 0.2) is 0 Å². The van der Waals surface area contributed by atoms with E-state index in [1.165, 1.54) is 6.26 Å². The first kappa shape index (κ1) is 12.6. The molecule has 0 unspecified atom stereocenters. The van der Waals surface area contributed by atoms with Crippen molar-refractivity contribution in [3.63, 3.8) is 0 Å². The van der Waals surface area contributed by atoms with E-state index in [1.807, 2.05) is 18.2 Å². The highest BCUT2D eigenvalue weighted by Crippen LogP contribution is 2.05. The molecule has 1 N–H and O–H groups in total. The Morgan fingerprint density at radius 2 is 2.20 bits per heavy atom. The van der Waals surface area contributed by atoms with Crippen LogP contribution >= 0.6 is 15.9 Å². The molecule has 0 fully saturated rings. The van der Waals surface area contributed by atoms with E-state index < -0.39 is 9.84 Å². The molecule has 1 aromatic rings. The molecule has 0 radical (unpaired) electrons. The molecule has 0 saturated heterocycles. The normalized spacial score (nSPS) is 11.6. The maximum atomic E-state index is 10.8. The Morgan fingerprint density at radius 3 is 2.80 bits per heavy atom. The lowest BCUT2D eigenvalue weighted by molar-refractivity contribution is 0.596. The predicted molar refractivity (Wildman–Crippen MR) is 63.4 cm³/mol. The van der Waals surface area contributed by atoms with Crippen LogP contribution in [0.5, 0.6) is 0 Å². The zero-order chi connectivity index (χ0) is 11.3. The van der Waals surface area contributed by atoms with Crippen LogP contribution in [0.4, 0.5) is 0 Å². The SMILES string of the molecule is CS(=O)(=O)CCNCc1cccc(Br)n1. The van der Waals surface area contributed by atoms with Crippen LogP contribution in [0, 0.1) is 0 Å². The van der Waals surface area contributed by atoms with E-state index >= 15 is 0 Å². The van der Waals surface area contributed by atoms with E-state index in [0.717, 1.165) is 10.3 Å². The Labute approximate surface area is 98.2 Å². The highest BCUT2D eigenvalue weighted by molar-refractivity contribution is 9.10. The van der Waals surface area contributed by atoms with Gasteiger partial charge in [0.25, 0.3) is 0 Å². The van der Waals surface area contributed by atoms with Crippen LogP contribution in [-0.4, -0.2) is 32.0 Å². The summed E-state index contributed by atoms with van der Waals surface area (Å²) in [6, 6.07) is 5.63. The van der Waals surface area contributed by atoms with Crippen molar-refractivity contribution in [2.45, 2.75) is 6.54 Å². The second-order valence-electron chi connectivity index (χ2n) is 3.26. The second-order valence-corrected chi connectivity index (χ2v) is 6.33. The fourth-order valence-electron chi connectivity index (χ4n) is 1.02. The average Bonchev–Trinajstić information content (AvgIpc) is 2.11. The molecule has 0 aliphatic rings. The fraction of sp³-hybridized carbons (Fsp3) is 0.444. The third kappa shape index (κ3) is 5.86. The number of halogens is 1. The number of nitrogens with one attached hydrogen (secondary N) is 1. The number of hydrogen-bond acceptors (Lipinski definition) is 4. The van der Waals surface area contributed by atoms with Gasteiger partial charge in [-0.15, -0.1) is 0 Å². The maximum Gasteiger partial charge on any atom is 0.148 e. The maximum absolute atomic E-state index is 10.8. The van der Waals surface area contributed by atoms with Crippen LogP contribution in [0.25, 0.3) is 0 Å². The zero-order valence-electron chi connectivity index (χ0n) is 8.40. The smallest absolute Gasteiger partial charge is 0.148 e. The number of sulfone groups is 1. The summed E-state index contributed by atoms with van der Waals surface area (Å²) in [7, 11) is -2.88. The summed E-state index contributed by atoms with van der Waals surface area (Å²) in [4.78, 5) is 4.21. The lowest BCUT2D eigenvalue weighted by Gasteiger charge is -2.03. The van der Waals surface area contributed by atoms with Gasteiger partial charge in [-0.25, -0.2) is 13.4 Å². The summed E-state index contributed by atoms with van der Waals surface area (Å²) >= 11 is 3.27. The van der Waals surface area contributed by atoms with Gasteiger partial charge in [0.05, 0.1) is 11.4 Å². The average molecular weight is 293 g/mol. The van der Waals surface area contributed by atoms with E-state index in [2.05, 4.69) is 26.2 Å². The van der Waals surface area contributed by atoms with Crippen LogP contribution < -0.4 is 5.32 Å². The van der Waals surface area contributed by atoms with Crippen molar-refractivity contribution in [2.24, 2.45) is 0 Å². The first-order valence-electron chi connectivity index (χ1n) is 4.47. The minimum atomic E-state index is -2.88. The lowest BCUT2D eigenvalue weighted by Crippen LogP contribution is -2.22. The highest BCUT2D eigenvalue weighted by Gasteiger charge is 2.01. The third-order valence-electron chi connectivity index (χ3n) is 1.73. The molecule has 0 aliphatic carbocycles.